The number of sulfone groups is 1. The molecule has 0 N–H and O–H groups in total. The van der Waals surface area contributed by atoms with Crippen LogP contribution >= 0.6 is 0 Å². The van der Waals surface area contributed by atoms with Gasteiger partial charge in [-0.05, 0) is 56.2 Å². The maximum atomic E-state index is 13.7. The maximum absolute atomic E-state index is 13.7. The van der Waals surface area contributed by atoms with Crippen molar-refractivity contribution in [2.75, 3.05) is 0 Å². The van der Waals surface area contributed by atoms with Crippen molar-refractivity contribution < 1.29 is 13.2 Å². The molecule has 2 aliphatic rings. The van der Waals surface area contributed by atoms with Crippen molar-refractivity contribution in [1.82, 2.24) is 0 Å². The quantitative estimate of drug-likeness (QED) is 0.514. The third-order valence-corrected chi connectivity index (χ3v) is 9.86. The van der Waals surface area contributed by atoms with Gasteiger partial charge in [0.15, 0.2) is 15.6 Å². The Morgan fingerprint density at radius 3 is 2.46 bits per heavy atom. The summed E-state index contributed by atoms with van der Waals surface area (Å²) in [5, 5.41) is 0. The summed E-state index contributed by atoms with van der Waals surface area (Å²) < 4.78 is 26.1. The zero-order chi connectivity index (χ0) is 19.2. The summed E-state index contributed by atoms with van der Waals surface area (Å²) in [6, 6.07) is 9.40. The lowest BCUT2D eigenvalue weighted by molar-refractivity contribution is -0.127. The summed E-state index contributed by atoms with van der Waals surface area (Å²) in [7, 11) is -5.17. The van der Waals surface area contributed by atoms with Crippen LogP contribution in [-0.2, 0) is 14.6 Å². The lowest BCUT2D eigenvalue weighted by Crippen LogP contribution is -2.52. The molecule has 3 nitrogen and oxygen atoms in total. The van der Waals surface area contributed by atoms with Gasteiger partial charge in [0.05, 0.1) is 4.90 Å². The molecule has 2 fully saturated rings. The molecule has 1 aromatic carbocycles. The summed E-state index contributed by atoms with van der Waals surface area (Å²) in [6.07, 6.45) is 3.44. The van der Waals surface area contributed by atoms with Gasteiger partial charge in [0, 0.05) is 14.0 Å². The topological polar surface area (TPSA) is 51.2 Å². The van der Waals surface area contributed by atoms with E-state index in [2.05, 4.69) is 26.2 Å². The molecule has 1 aromatic rings. The molecule has 0 radical (unpaired) electrons. The van der Waals surface area contributed by atoms with Crippen LogP contribution in [0.2, 0.25) is 25.7 Å². The van der Waals surface area contributed by atoms with Gasteiger partial charge in [0.2, 0.25) is 0 Å². The Bertz CT molecular complexity index is 807. The molecule has 0 saturated heterocycles. The van der Waals surface area contributed by atoms with Gasteiger partial charge in [-0.15, -0.1) is 6.58 Å². The zero-order valence-electron chi connectivity index (χ0n) is 16.1. The van der Waals surface area contributed by atoms with Crippen LogP contribution in [0.3, 0.4) is 0 Å². The molecule has 2 aliphatic carbocycles. The Hall–Kier alpha value is -1.20. The molecule has 0 aromatic heterocycles. The van der Waals surface area contributed by atoms with Crippen molar-refractivity contribution >= 4 is 23.7 Å². The summed E-state index contributed by atoms with van der Waals surface area (Å²) >= 11 is 0. The molecule has 0 aliphatic heterocycles. The molecule has 0 amide bonds. The smallest absolute Gasteiger partial charge is 0.191 e. The fourth-order valence-corrected chi connectivity index (χ4v) is 8.85. The lowest BCUT2D eigenvalue weighted by atomic mass is 9.76. The standard InChI is InChI=1S/C21H30O3SSi/c1-16(15-26(2,3)4)13-21(14-17-10-11-18(12-17)20(21)22)25(23,24)19-8-6-5-7-9-19/h5-9,17-18H,1,10-15H2,2-4H3/t17-,18+,21-/m1/s1. The first-order chi connectivity index (χ1) is 12.1. The van der Waals surface area contributed by atoms with E-state index in [4.69, 9.17) is 0 Å². The molecule has 0 heterocycles. The van der Waals surface area contributed by atoms with Gasteiger partial charge in [-0.3, -0.25) is 4.79 Å². The van der Waals surface area contributed by atoms with E-state index in [9.17, 15) is 13.2 Å². The first-order valence-corrected chi connectivity index (χ1v) is 14.7. The number of carbonyl (C=O) groups excluding carboxylic acids is 1. The number of benzene rings is 1. The number of hydrogen-bond acceptors (Lipinski definition) is 3. The third-order valence-electron chi connectivity index (χ3n) is 5.86. The van der Waals surface area contributed by atoms with Crippen LogP contribution in [0, 0.1) is 11.8 Å². The molecule has 3 atom stereocenters. The van der Waals surface area contributed by atoms with Crippen molar-refractivity contribution in [3.8, 4) is 0 Å². The van der Waals surface area contributed by atoms with Gasteiger partial charge in [-0.1, -0.05) is 43.4 Å². The molecule has 2 saturated carbocycles. The number of fused-ring (bicyclic) bond motifs is 2. The molecule has 2 bridgehead atoms. The third kappa shape index (κ3) is 3.48. The second-order valence-corrected chi connectivity index (χ2v) is 17.2. The van der Waals surface area contributed by atoms with E-state index in [-0.39, 0.29) is 16.6 Å². The predicted octanol–water partition coefficient (Wildman–Crippen LogP) is 4.87. The largest absolute Gasteiger partial charge is 0.298 e. The SMILES string of the molecule is C=C(C[C@@]1(S(=O)(=O)c2ccccc2)C[C@@H]2CC[C@@H](C2)C1=O)C[Si](C)(C)C. The average molecular weight is 391 g/mol. The fourth-order valence-electron chi connectivity index (χ4n) is 4.98. The molecular formula is C21H30O3SSi. The van der Waals surface area contributed by atoms with Crippen molar-refractivity contribution in [1.29, 1.82) is 0 Å². The van der Waals surface area contributed by atoms with Gasteiger partial charge in [-0.2, -0.15) is 0 Å². The van der Waals surface area contributed by atoms with E-state index in [0.717, 1.165) is 30.9 Å². The minimum Gasteiger partial charge on any atom is -0.298 e. The van der Waals surface area contributed by atoms with E-state index >= 15 is 0 Å². The van der Waals surface area contributed by atoms with Crippen LogP contribution in [0.4, 0.5) is 0 Å². The Labute approximate surface area is 158 Å². The van der Waals surface area contributed by atoms with Gasteiger partial charge >= 0.3 is 0 Å². The number of hydrogen-bond donors (Lipinski definition) is 0. The number of rotatable bonds is 6. The van der Waals surface area contributed by atoms with Crippen LogP contribution in [0.5, 0.6) is 0 Å². The molecule has 0 unspecified atom stereocenters. The van der Waals surface area contributed by atoms with E-state index in [1.165, 1.54) is 0 Å². The lowest BCUT2D eigenvalue weighted by Gasteiger charge is -2.39. The summed E-state index contributed by atoms with van der Waals surface area (Å²) in [4.78, 5) is 13.7. The highest BCUT2D eigenvalue weighted by Gasteiger charge is 2.58. The Morgan fingerprint density at radius 2 is 1.85 bits per heavy atom. The normalized spacial score (nSPS) is 29.0. The summed E-state index contributed by atoms with van der Waals surface area (Å²) in [6.45, 7) is 11.0. The van der Waals surface area contributed by atoms with Crippen molar-refractivity contribution in [3.63, 3.8) is 0 Å². The monoisotopic (exact) mass is 390 g/mol. The number of allylic oxidation sites excluding steroid dienone is 1. The van der Waals surface area contributed by atoms with Gasteiger partial charge in [-0.25, -0.2) is 8.42 Å². The van der Waals surface area contributed by atoms with Crippen LogP contribution in [0.1, 0.15) is 32.1 Å². The van der Waals surface area contributed by atoms with Crippen LogP contribution in [-0.4, -0.2) is 27.0 Å². The molecule has 5 heteroatoms. The molecule has 26 heavy (non-hydrogen) atoms. The van der Waals surface area contributed by atoms with Crippen molar-refractivity contribution in [3.05, 3.63) is 42.5 Å². The average Bonchev–Trinajstić information content (AvgIpc) is 2.95. The van der Waals surface area contributed by atoms with E-state index in [0.29, 0.717) is 18.8 Å². The first kappa shape index (κ1) is 19.6. The highest BCUT2D eigenvalue weighted by Crippen LogP contribution is 2.51. The van der Waals surface area contributed by atoms with Crippen molar-refractivity contribution in [2.24, 2.45) is 11.8 Å². The Kier molecular flexibility index (Phi) is 5.08. The number of Topliss-reactive ketones (excluding diaryl/α,β-unsaturated/α-hetero) is 1. The highest BCUT2D eigenvalue weighted by molar-refractivity contribution is 7.93. The van der Waals surface area contributed by atoms with Crippen LogP contribution in [0.25, 0.3) is 0 Å². The zero-order valence-corrected chi connectivity index (χ0v) is 17.9. The number of carbonyl (C=O) groups is 1. The minimum atomic E-state index is -3.74. The van der Waals surface area contributed by atoms with Gasteiger partial charge < -0.3 is 0 Å². The summed E-state index contributed by atoms with van der Waals surface area (Å²) in [5.74, 6) is 0.203. The molecule has 142 valence electrons. The van der Waals surface area contributed by atoms with E-state index in [1.807, 2.05) is 6.07 Å². The molecule has 0 spiro atoms. The van der Waals surface area contributed by atoms with Crippen LogP contribution in [0.15, 0.2) is 47.4 Å². The van der Waals surface area contributed by atoms with Crippen LogP contribution < -0.4 is 0 Å². The second kappa shape index (κ2) is 6.75. The van der Waals surface area contributed by atoms with E-state index in [1.54, 1.807) is 24.3 Å². The second-order valence-electron chi connectivity index (χ2n) is 9.42. The predicted molar refractivity (Wildman–Crippen MR) is 109 cm³/mol. The molecule has 3 rings (SSSR count). The number of ketones is 1. The Balaban J connectivity index is 2.06. The van der Waals surface area contributed by atoms with E-state index < -0.39 is 22.7 Å². The molecular weight excluding hydrogens is 360 g/mol. The Morgan fingerprint density at radius 1 is 1.19 bits per heavy atom. The highest BCUT2D eigenvalue weighted by atomic mass is 32.2. The minimum absolute atomic E-state index is 0.0492. The fraction of sp³-hybridized carbons (Fsp3) is 0.571. The van der Waals surface area contributed by atoms with Gasteiger partial charge in [0.25, 0.3) is 0 Å². The summed E-state index contributed by atoms with van der Waals surface area (Å²) in [5.41, 5.74) is 0.929. The van der Waals surface area contributed by atoms with Crippen molar-refractivity contribution in [2.45, 2.75) is 67.4 Å². The van der Waals surface area contributed by atoms with Gasteiger partial charge in [0.1, 0.15) is 4.75 Å². The maximum Gasteiger partial charge on any atom is 0.191 e. The first-order valence-electron chi connectivity index (χ1n) is 9.56.